The van der Waals surface area contributed by atoms with E-state index in [1.54, 1.807) is 25.9 Å². The van der Waals surface area contributed by atoms with Crippen LogP contribution in [-0.2, 0) is 6.54 Å². The van der Waals surface area contributed by atoms with E-state index in [1.807, 2.05) is 72.0 Å². The summed E-state index contributed by atoms with van der Waals surface area (Å²) in [6.45, 7) is 2.41. The summed E-state index contributed by atoms with van der Waals surface area (Å²) in [6.07, 6.45) is 0. The standard InChI is InChI=1S/C26H24N4O4/c1-16-9-11-17(12-10-16)15-29-25(31)19-7-5-6-8-20(19)30-24(27-28-26(29)30)18-13-21(32-2)23(34-4)22(14-18)33-3/h5-14H,15H2,1-4H3. The van der Waals surface area contributed by atoms with Crippen LogP contribution >= 0.6 is 0 Å². The van der Waals surface area contributed by atoms with E-state index in [-0.39, 0.29) is 5.56 Å². The third-order valence-electron chi connectivity index (χ3n) is 5.89. The SMILES string of the molecule is COc1cc(-c2nnc3n(Cc4ccc(C)cc4)c(=O)c4ccccc4n23)cc(OC)c1OC. The maximum absolute atomic E-state index is 13.5. The van der Waals surface area contributed by atoms with Gasteiger partial charge >= 0.3 is 0 Å². The molecule has 0 aliphatic heterocycles. The zero-order valence-corrected chi connectivity index (χ0v) is 19.4. The number of aromatic nitrogens is 4. The lowest BCUT2D eigenvalue weighted by Crippen LogP contribution is -2.24. The van der Waals surface area contributed by atoms with Crippen LogP contribution in [0.2, 0.25) is 0 Å². The molecule has 2 heterocycles. The Kier molecular flexibility index (Phi) is 5.41. The summed E-state index contributed by atoms with van der Waals surface area (Å²) in [5.41, 5.74) is 3.48. The molecule has 5 aromatic rings. The van der Waals surface area contributed by atoms with Crippen LogP contribution in [0.1, 0.15) is 11.1 Å². The summed E-state index contributed by atoms with van der Waals surface area (Å²) in [6, 6.07) is 19.2. The van der Waals surface area contributed by atoms with Crippen molar-refractivity contribution >= 4 is 16.7 Å². The molecule has 0 unspecified atom stereocenters. The molecule has 0 saturated heterocycles. The van der Waals surface area contributed by atoms with Crippen molar-refractivity contribution in [3.05, 3.63) is 82.1 Å². The molecule has 0 amide bonds. The van der Waals surface area contributed by atoms with Gasteiger partial charge in [-0.1, -0.05) is 42.0 Å². The van der Waals surface area contributed by atoms with E-state index in [0.29, 0.717) is 46.3 Å². The van der Waals surface area contributed by atoms with Crippen molar-refractivity contribution in [1.82, 2.24) is 19.2 Å². The molecule has 2 aromatic heterocycles. The van der Waals surface area contributed by atoms with Crippen LogP contribution < -0.4 is 19.8 Å². The lowest BCUT2D eigenvalue weighted by molar-refractivity contribution is 0.324. The highest BCUT2D eigenvalue weighted by atomic mass is 16.5. The fourth-order valence-electron chi connectivity index (χ4n) is 4.17. The van der Waals surface area contributed by atoms with Crippen molar-refractivity contribution in [3.8, 4) is 28.6 Å². The molecule has 0 radical (unpaired) electrons. The topological polar surface area (TPSA) is 79.9 Å². The Morgan fingerprint density at radius 1 is 0.853 bits per heavy atom. The van der Waals surface area contributed by atoms with Gasteiger partial charge in [-0.05, 0) is 36.8 Å². The number of benzene rings is 3. The van der Waals surface area contributed by atoms with Gasteiger partial charge < -0.3 is 14.2 Å². The summed E-state index contributed by atoms with van der Waals surface area (Å²) in [7, 11) is 4.69. The number of methoxy groups -OCH3 is 3. The predicted molar refractivity (Wildman–Crippen MR) is 130 cm³/mol. The first-order valence-corrected chi connectivity index (χ1v) is 10.8. The van der Waals surface area contributed by atoms with Gasteiger partial charge in [0.05, 0.1) is 38.8 Å². The molecular weight excluding hydrogens is 432 g/mol. The van der Waals surface area contributed by atoms with Crippen LogP contribution in [0.3, 0.4) is 0 Å². The molecule has 172 valence electrons. The zero-order chi connectivity index (χ0) is 23.8. The number of rotatable bonds is 6. The molecule has 0 atom stereocenters. The molecule has 0 aliphatic carbocycles. The molecule has 5 rings (SSSR count). The Balaban J connectivity index is 1.80. The smallest absolute Gasteiger partial charge is 0.263 e. The number of aryl methyl sites for hydroxylation is 1. The quantitative estimate of drug-likeness (QED) is 0.383. The van der Waals surface area contributed by atoms with Gasteiger partial charge in [-0.15, -0.1) is 10.2 Å². The monoisotopic (exact) mass is 456 g/mol. The number of hydrogen-bond donors (Lipinski definition) is 0. The molecule has 0 fully saturated rings. The van der Waals surface area contributed by atoms with E-state index in [1.165, 1.54) is 0 Å². The van der Waals surface area contributed by atoms with E-state index in [9.17, 15) is 4.79 Å². The van der Waals surface area contributed by atoms with Crippen LogP contribution in [0.4, 0.5) is 0 Å². The Bertz CT molecular complexity index is 1540. The number of nitrogens with zero attached hydrogens (tertiary/aromatic N) is 4. The molecule has 0 N–H and O–H groups in total. The number of ether oxygens (including phenoxy) is 3. The van der Waals surface area contributed by atoms with Crippen LogP contribution in [0.25, 0.3) is 28.1 Å². The highest BCUT2D eigenvalue weighted by Gasteiger charge is 2.21. The molecule has 0 bridgehead atoms. The highest BCUT2D eigenvalue weighted by Crippen LogP contribution is 2.41. The van der Waals surface area contributed by atoms with Crippen LogP contribution in [0, 0.1) is 6.92 Å². The van der Waals surface area contributed by atoms with Gasteiger partial charge in [0.2, 0.25) is 11.5 Å². The molecule has 8 nitrogen and oxygen atoms in total. The number of para-hydroxylation sites is 1. The first kappa shape index (κ1) is 21.5. The number of fused-ring (bicyclic) bond motifs is 3. The van der Waals surface area contributed by atoms with Gasteiger partial charge in [-0.2, -0.15) is 0 Å². The second-order valence-electron chi connectivity index (χ2n) is 7.97. The van der Waals surface area contributed by atoms with Gasteiger partial charge in [-0.25, -0.2) is 0 Å². The first-order chi connectivity index (χ1) is 16.5. The fourth-order valence-corrected chi connectivity index (χ4v) is 4.17. The minimum atomic E-state index is -0.118. The van der Waals surface area contributed by atoms with Crippen molar-refractivity contribution in [1.29, 1.82) is 0 Å². The molecule has 0 aliphatic rings. The van der Waals surface area contributed by atoms with Crippen LogP contribution in [-0.4, -0.2) is 40.5 Å². The van der Waals surface area contributed by atoms with Gasteiger partial charge in [-0.3, -0.25) is 13.8 Å². The predicted octanol–water partition coefficient (Wildman–Crippen LogP) is 4.09. The van der Waals surface area contributed by atoms with Crippen molar-refractivity contribution in [2.45, 2.75) is 13.5 Å². The average molecular weight is 457 g/mol. The molecule has 0 spiro atoms. The van der Waals surface area contributed by atoms with Gasteiger partial charge in [0.1, 0.15) is 0 Å². The van der Waals surface area contributed by atoms with Crippen molar-refractivity contribution in [2.75, 3.05) is 21.3 Å². The molecule has 0 saturated carbocycles. The van der Waals surface area contributed by atoms with E-state index >= 15 is 0 Å². The van der Waals surface area contributed by atoms with Gasteiger partial charge in [0.25, 0.3) is 5.56 Å². The summed E-state index contributed by atoms with van der Waals surface area (Å²) in [5, 5.41) is 9.50. The Morgan fingerprint density at radius 3 is 2.18 bits per heavy atom. The average Bonchev–Trinajstić information content (AvgIpc) is 3.32. The maximum Gasteiger partial charge on any atom is 0.263 e. The highest BCUT2D eigenvalue weighted by molar-refractivity contribution is 5.83. The maximum atomic E-state index is 13.5. The Morgan fingerprint density at radius 2 is 1.53 bits per heavy atom. The minimum absolute atomic E-state index is 0.118. The Labute approximate surface area is 196 Å². The first-order valence-electron chi connectivity index (χ1n) is 10.8. The second kappa shape index (κ2) is 8.55. The van der Waals surface area contributed by atoms with Crippen molar-refractivity contribution < 1.29 is 14.2 Å². The fraction of sp³-hybridized carbons (Fsp3) is 0.192. The third kappa shape index (κ3) is 3.44. The molecule has 34 heavy (non-hydrogen) atoms. The second-order valence-corrected chi connectivity index (χ2v) is 7.97. The van der Waals surface area contributed by atoms with Crippen LogP contribution in [0.15, 0.2) is 65.5 Å². The normalized spacial score (nSPS) is 11.2. The minimum Gasteiger partial charge on any atom is -0.493 e. The van der Waals surface area contributed by atoms with Gasteiger partial charge in [0, 0.05) is 5.56 Å². The largest absolute Gasteiger partial charge is 0.493 e. The van der Waals surface area contributed by atoms with E-state index in [4.69, 9.17) is 14.2 Å². The summed E-state index contributed by atoms with van der Waals surface area (Å²) >= 11 is 0. The van der Waals surface area contributed by atoms with Crippen molar-refractivity contribution in [2.24, 2.45) is 0 Å². The third-order valence-corrected chi connectivity index (χ3v) is 5.89. The van der Waals surface area contributed by atoms with E-state index < -0.39 is 0 Å². The van der Waals surface area contributed by atoms with Crippen LogP contribution in [0.5, 0.6) is 17.2 Å². The van der Waals surface area contributed by atoms with E-state index in [0.717, 1.165) is 16.6 Å². The van der Waals surface area contributed by atoms with Gasteiger partial charge in [0.15, 0.2) is 17.3 Å². The lowest BCUT2D eigenvalue weighted by Gasteiger charge is -2.14. The zero-order valence-electron chi connectivity index (χ0n) is 19.4. The van der Waals surface area contributed by atoms with Crippen molar-refractivity contribution in [3.63, 3.8) is 0 Å². The summed E-state index contributed by atoms with van der Waals surface area (Å²) < 4.78 is 20.1. The molecule has 3 aromatic carbocycles. The summed E-state index contributed by atoms with van der Waals surface area (Å²) in [5.74, 6) is 2.51. The molecule has 8 heteroatoms. The van der Waals surface area contributed by atoms with E-state index in [2.05, 4.69) is 10.2 Å². The Hall–Kier alpha value is -4.33. The summed E-state index contributed by atoms with van der Waals surface area (Å²) in [4.78, 5) is 13.5. The molecular formula is C26H24N4O4. The number of hydrogen-bond acceptors (Lipinski definition) is 6. The lowest BCUT2D eigenvalue weighted by atomic mass is 10.1.